The largest absolute Gasteiger partial charge is 0.341 e. The number of hydrogen-bond acceptors (Lipinski definition) is 10. The van der Waals surface area contributed by atoms with Gasteiger partial charge < -0.3 is 9.88 Å². The number of fused-ring (bicyclic) bond motifs is 5. The molecule has 9 rings (SSSR count). The first-order valence-corrected chi connectivity index (χ1v) is 23.6. The molecule has 0 saturated heterocycles. The van der Waals surface area contributed by atoms with Crippen molar-refractivity contribution in [2.75, 3.05) is 29.7 Å². The summed E-state index contributed by atoms with van der Waals surface area (Å²) in [6, 6.07) is 26.4. The molecule has 0 unspecified atom stereocenters. The standard InChI is InChI=1S/C43H44N8O3S4/c1-3-50-37-14-9-29(21-34(37)33-12-10-30(22-38(33)50)39-20-28(2)27-56-39)25-44-15-4-5-16-49-17-7-18-51-32(26-49)24-36(47-51)42(52)46-43-45-35-13-11-31(23-40(35)57-43)48-58(53,54)41-8-6-19-55-41/h6,8-14,19-24,27,44,48H,3-5,7,15-18,25-26H2,1-2H3,(H,45,46,52). The van der Waals surface area contributed by atoms with Crippen LogP contribution in [0.2, 0.25) is 0 Å². The fourth-order valence-corrected chi connectivity index (χ4v) is 11.6. The van der Waals surface area contributed by atoms with E-state index < -0.39 is 10.0 Å². The molecule has 3 aromatic carbocycles. The Morgan fingerprint density at radius 1 is 0.931 bits per heavy atom. The van der Waals surface area contributed by atoms with Gasteiger partial charge >= 0.3 is 0 Å². The summed E-state index contributed by atoms with van der Waals surface area (Å²) >= 11 is 4.25. The summed E-state index contributed by atoms with van der Waals surface area (Å²) < 4.78 is 33.4. The maximum absolute atomic E-state index is 13.3. The van der Waals surface area contributed by atoms with Gasteiger partial charge in [0, 0.05) is 59.4 Å². The molecule has 0 aliphatic carbocycles. The maximum atomic E-state index is 13.3. The lowest BCUT2D eigenvalue weighted by Crippen LogP contribution is -2.25. The molecule has 15 heteroatoms. The number of nitrogens with one attached hydrogen (secondary N) is 3. The van der Waals surface area contributed by atoms with Crippen LogP contribution in [0.25, 0.3) is 42.5 Å². The fourth-order valence-electron chi connectivity index (χ4n) is 7.81. The number of hydrogen-bond donors (Lipinski definition) is 3. The normalized spacial score (nSPS) is 13.7. The Labute approximate surface area is 349 Å². The van der Waals surface area contributed by atoms with Gasteiger partial charge in [-0.15, -0.1) is 22.7 Å². The second kappa shape index (κ2) is 16.4. The Hall–Kier alpha value is -4.90. The van der Waals surface area contributed by atoms with Crippen molar-refractivity contribution in [2.24, 2.45) is 0 Å². The third kappa shape index (κ3) is 8.07. The van der Waals surface area contributed by atoms with Gasteiger partial charge in [-0.1, -0.05) is 35.6 Å². The summed E-state index contributed by atoms with van der Waals surface area (Å²) in [5.74, 6) is -0.315. The molecular weight excluding hydrogens is 805 g/mol. The molecule has 11 nitrogen and oxygen atoms in total. The number of thiophene rings is 2. The summed E-state index contributed by atoms with van der Waals surface area (Å²) in [5, 5.41) is 18.2. The molecule has 0 saturated carbocycles. The molecule has 0 spiro atoms. The molecule has 1 aliphatic rings. The summed E-state index contributed by atoms with van der Waals surface area (Å²) in [6.45, 7) is 10.6. The number of benzene rings is 3. The molecule has 298 valence electrons. The van der Waals surface area contributed by atoms with Crippen LogP contribution >= 0.6 is 34.0 Å². The number of carbonyl (C=O) groups is 1. The van der Waals surface area contributed by atoms with Crippen LogP contribution in [0.5, 0.6) is 0 Å². The molecule has 0 bridgehead atoms. The predicted molar refractivity (Wildman–Crippen MR) is 239 cm³/mol. The molecular formula is C43H44N8O3S4. The quantitative estimate of drug-likeness (QED) is 0.0931. The number of aromatic nitrogens is 4. The van der Waals surface area contributed by atoms with Crippen molar-refractivity contribution in [1.82, 2.24) is 29.5 Å². The van der Waals surface area contributed by atoms with Crippen molar-refractivity contribution in [3.8, 4) is 10.4 Å². The average Bonchev–Trinajstić information content (AvgIpc) is 4.06. The number of rotatable bonds is 14. The Bertz CT molecular complexity index is 2870. The van der Waals surface area contributed by atoms with Crippen LogP contribution in [0.15, 0.2) is 93.8 Å². The second-order valence-electron chi connectivity index (χ2n) is 14.8. The lowest BCUT2D eigenvalue weighted by atomic mass is 10.1. The molecule has 3 N–H and O–H groups in total. The van der Waals surface area contributed by atoms with Crippen LogP contribution in [0.4, 0.5) is 10.8 Å². The van der Waals surface area contributed by atoms with Gasteiger partial charge in [-0.3, -0.25) is 24.4 Å². The lowest BCUT2D eigenvalue weighted by molar-refractivity contribution is 0.102. The Morgan fingerprint density at radius 3 is 2.67 bits per heavy atom. The van der Waals surface area contributed by atoms with Gasteiger partial charge in [0.1, 0.15) is 4.21 Å². The second-order valence-corrected chi connectivity index (χ2v) is 19.6. The smallest absolute Gasteiger partial charge is 0.277 e. The highest BCUT2D eigenvalue weighted by Gasteiger charge is 2.21. The third-order valence-corrected chi connectivity index (χ3v) is 15.4. The van der Waals surface area contributed by atoms with Crippen LogP contribution in [-0.2, 0) is 36.2 Å². The molecule has 6 heterocycles. The van der Waals surface area contributed by atoms with Gasteiger partial charge in [0.2, 0.25) is 0 Å². The van der Waals surface area contributed by atoms with Gasteiger partial charge in [0.15, 0.2) is 10.8 Å². The van der Waals surface area contributed by atoms with E-state index in [0.717, 1.165) is 86.8 Å². The molecule has 0 radical (unpaired) electrons. The predicted octanol–water partition coefficient (Wildman–Crippen LogP) is 9.55. The lowest BCUT2D eigenvalue weighted by Gasteiger charge is -2.19. The van der Waals surface area contributed by atoms with E-state index in [1.54, 1.807) is 35.7 Å². The Kier molecular flexibility index (Phi) is 10.9. The van der Waals surface area contributed by atoms with Gasteiger partial charge in [0.05, 0.1) is 21.6 Å². The summed E-state index contributed by atoms with van der Waals surface area (Å²) in [7, 11) is -3.67. The average molecular weight is 849 g/mol. The highest BCUT2D eigenvalue weighted by atomic mass is 32.2. The van der Waals surface area contributed by atoms with Crippen molar-refractivity contribution < 1.29 is 13.2 Å². The van der Waals surface area contributed by atoms with E-state index in [1.807, 2.05) is 22.1 Å². The van der Waals surface area contributed by atoms with Crippen molar-refractivity contribution in [1.29, 1.82) is 0 Å². The maximum Gasteiger partial charge on any atom is 0.277 e. The molecule has 58 heavy (non-hydrogen) atoms. The van der Waals surface area contributed by atoms with Crippen LogP contribution in [0, 0.1) is 6.92 Å². The zero-order chi connectivity index (χ0) is 39.8. The minimum atomic E-state index is -3.67. The van der Waals surface area contributed by atoms with Crippen LogP contribution < -0.4 is 15.4 Å². The van der Waals surface area contributed by atoms with E-state index in [1.165, 1.54) is 54.7 Å². The first kappa shape index (κ1) is 38.6. The molecule has 1 aliphatic heterocycles. The number of aryl methyl sites for hydroxylation is 3. The number of unbranched alkanes of at least 4 members (excludes halogenated alkanes) is 1. The summed E-state index contributed by atoms with van der Waals surface area (Å²) in [5.41, 5.74) is 8.97. The summed E-state index contributed by atoms with van der Waals surface area (Å²) in [4.78, 5) is 21.6. The number of amides is 1. The highest BCUT2D eigenvalue weighted by Crippen LogP contribution is 2.35. The van der Waals surface area contributed by atoms with Crippen molar-refractivity contribution >= 4 is 92.8 Å². The Balaban J connectivity index is 0.761. The van der Waals surface area contributed by atoms with Crippen molar-refractivity contribution in [2.45, 2.75) is 63.5 Å². The van der Waals surface area contributed by atoms with E-state index in [2.05, 4.69) is 96.6 Å². The zero-order valence-electron chi connectivity index (χ0n) is 32.3. The van der Waals surface area contributed by atoms with Crippen LogP contribution in [-0.4, -0.2) is 58.2 Å². The third-order valence-electron chi connectivity index (χ3n) is 10.6. The Morgan fingerprint density at radius 2 is 1.84 bits per heavy atom. The fraction of sp³-hybridized carbons (Fsp3) is 0.279. The molecule has 0 atom stereocenters. The van der Waals surface area contributed by atoms with Crippen LogP contribution in [0.1, 0.15) is 53.5 Å². The monoisotopic (exact) mass is 848 g/mol. The number of nitrogens with zero attached hydrogens (tertiary/aromatic N) is 5. The highest BCUT2D eigenvalue weighted by molar-refractivity contribution is 7.94. The first-order valence-electron chi connectivity index (χ1n) is 19.6. The number of anilines is 2. The van der Waals surface area contributed by atoms with E-state index in [9.17, 15) is 13.2 Å². The molecule has 1 amide bonds. The van der Waals surface area contributed by atoms with Gasteiger partial charge in [-0.2, -0.15) is 5.10 Å². The van der Waals surface area contributed by atoms with E-state index in [0.29, 0.717) is 22.0 Å². The number of carbonyl (C=O) groups excluding carboxylic acids is 1. The minimum Gasteiger partial charge on any atom is -0.341 e. The topological polar surface area (TPSA) is 126 Å². The summed E-state index contributed by atoms with van der Waals surface area (Å²) in [6.07, 6.45) is 3.13. The van der Waals surface area contributed by atoms with Gasteiger partial charge in [0.25, 0.3) is 15.9 Å². The zero-order valence-corrected chi connectivity index (χ0v) is 35.6. The van der Waals surface area contributed by atoms with Gasteiger partial charge in [-0.05, 0) is 128 Å². The van der Waals surface area contributed by atoms with E-state index in [-0.39, 0.29) is 10.1 Å². The van der Waals surface area contributed by atoms with Crippen molar-refractivity contribution in [3.05, 3.63) is 112 Å². The van der Waals surface area contributed by atoms with E-state index >= 15 is 0 Å². The molecule has 0 fully saturated rings. The van der Waals surface area contributed by atoms with Crippen LogP contribution in [0.3, 0.4) is 0 Å². The van der Waals surface area contributed by atoms with Crippen molar-refractivity contribution in [3.63, 3.8) is 0 Å². The number of thiazole rings is 1. The van der Waals surface area contributed by atoms with E-state index in [4.69, 9.17) is 0 Å². The SMILES string of the molecule is CCn1c2ccc(CNCCCCN3CCCn4nc(C(=O)Nc5nc6ccc(NS(=O)(=O)c7cccs7)cc6s5)cc4C3)cc2c2ccc(-c3cc(C)cs3)cc21. The number of sulfonamides is 1. The van der Waals surface area contributed by atoms with Gasteiger partial charge in [-0.25, -0.2) is 13.4 Å². The minimum absolute atomic E-state index is 0.246. The molecule has 5 aromatic heterocycles. The molecule has 8 aromatic rings. The first-order chi connectivity index (χ1) is 28.2.